The number of carbonyl (C=O) groups is 2. The standard InChI is InChI=1S/C25H28N4O2S/c1-19-7-5-10-21(17-19)25(31)29-13-6-12-28(14-15-29)18-22(30)27-23(24-26-11-16-32-24)20-8-3-2-4-9-20/h2-5,7-11,16-17,23H,6,12-15,18H2,1H3,(H,27,30). The third-order valence-corrected chi connectivity index (χ3v) is 6.48. The summed E-state index contributed by atoms with van der Waals surface area (Å²) in [7, 11) is 0. The van der Waals surface area contributed by atoms with Gasteiger partial charge in [-0.25, -0.2) is 4.98 Å². The first kappa shape index (κ1) is 22.2. The van der Waals surface area contributed by atoms with Crippen molar-refractivity contribution in [1.82, 2.24) is 20.1 Å². The lowest BCUT2D eigenvalue weighted by atomic mass is 10.1. The fourth-order valence-electron chi connectivity index (χ4n) is 4.01. The van der Waals surface area contributed by atoms with E-state index in [1.54, 1.807) is 6.20 Å². The van der Waals surface area contributed by atoms with E-state index in [2.05, 4.69) is 15.2 Å². The van der Waals surface area contributed by atoms with E-state index in [-0.39, 0.29) is 17.9 Å². The Labute approximate surface area is 192 Å². The molecule has 3 aromatic rings. The van der Waals surface area contributed by atoms with Crippen LogP contribution < -0.4 is 5.32 Å². The first-order valence-corrected chi connectivity index (χ1v) is 11.8. The monoisotopic (exact) mass is 448 g/mol. The number of thiazole rings is 1. The van der Waals surface area contributed by atoms with Crippen LogP contribution >= 0.6 is 11.3 Å². The molecule has 0 aliphatic carbocycles. The van der Waals surface area contributed by atoms with Crippen molar-refractivity contribution in [2.24, 2.45) is 0 Å². The third kappa shape index (κ3) is 5.60. The second kappa shape index (κ2) is 10.5. The lowest BCUT2D eigenvalue weighted by Gasteiger charge is -2.23. The molecule has 0 spiro atoms. The van der Waals surface area contributed by atoms with Crippen LogP contribution in [-0.4, -0.2) is 59.3 Å². The number of hydrogen-bond donors (Lipinski definition) is 1. The number of aryl methyl sites for hydroxylation is 1. The Bertz CT molecular complexity index is 1040. The van der Waals surface area contributed by atoms with Crippen molar-refractivity contribution in [1.29, 1.82) is 0 Å². The molecule has 1 aromatic heterocycles. The minimum atomic E-state index is -0.255. The number of aromatic nitrogens is 1. The van der Waals surface area contributed by atoms with Crippen molar-refractivity contribution >= 4 is 23.2 Å². The van der Waals surface area contributed by atoms with Gasteiger partial charge in [0.25, 0.3) is 5.91 Å². The van der Waals surface area contributed by atoms with Gasteiger partial charge >= 0.3 is 0 Å². The maximum absolute atomic E-state index is 12.9. The maximum Gasteiger partial charge on any atom is 0.253 e. The second-order valence-corrected chi connectivity index (χ2v) is 9.00. The third-order valence-electron chi connectivity index (χ3n) is 5.64. The highest BCUT2D eigenvalue weighted by Crippen LogP contribution is 2.23. The minimum Gasteiger partial charge on any atom is -0.342 e. The number of nitrogens with one attached hydrogen (secondary N) is 1. The molecule has 166 valence electrons. The minimum absolute atomic E-state index is 0.0347. The average Bonchev–Trinajstić information content (AvgIpc) is 3.24. The summed E-state index contributed by atoms with van der Waals surface area (Å²) in [5.41, 5.74) is 2.82. The van der Waals surface area contributed by atoms with Crippen LogP contribution in [0.25, 0.3) is 0 Å². The van der Waals surface area contributed by atoms with Crippen LogP contribution in [0.15, 0.2) is 66.2 Å². The summed E-state index contributed by atoms with van der Waals surface area (Å²) in [6.07, 6.45) is 2.61. The molecular formula is C25H28N4O2S. The van der Waals surface area contributed by atoms with E-state index >= 15 is 0 Å². The molecule has 2 heterocycles. The lowest BCUT2D eigenvalue weighted by Crippen LogP contribution is -2.41. The van der Waals surface area contributed by atoms with Gasteiger partial charge in [0.05, 0.1) is 6.54 Å². The van der Waals surface area contributed by atoms with Gasteiger partial charge in [-0.1, -0.05) is 48.0 Å². The van der Waals surface area contributed by atoms with Gasteiger partial charge in [0, 0.05) is 43.3 Å². The Balaban J connectivity index is 1.36. The van der Waals surface area contributed by atoms with Gasteiger partial charge < -0.3 is 10.2 Å². The van der Waals surface area contributed by atoms with Gasteiger partial charge in [-0.15, -0.1) is 11.3 Å². The highest BCUT2D eigenvalue weighted by atomic mass is 32.1. The Morgan fingerprint density at radius 1 is 1.06 bits per heavy atom. The first-order chi connectivity index (χ1) is 15.6. The summed E-state index contributed by atoms with van der Waals surface area (Å²) in [5, 5.41) is 5.95. The Morgan fingerprint density at radius 3 is 2.66 bits per heavy atom. The van der Waals surface area contributed by atoms with Gasteiger partial charge in [0.15, 0.2) is 0 Å². The molecule has 1 unspecified atom stereocenters. The van der Waals surface area contributed by atoms with Gasteiger partial charge in [-0.3, -0.25) is 14.5 Å². The van der Waals surface area contributed by atoms with E-state index in [9.17, 15) is 9.59 Å². The summed E-state index contributed by atoms with van der Waals surface area (Å²) in [4.78, 5) is 34.3. The van der Waals surface area contributed by atoms with E-state index in [4.69, 9.17) is 0 Å². The van der Waals surface area contributed by atoms with Crippen LogP contribution in [0, 0.1) is 6.92 Å². The molecule has 0 saturated carbocycles. The van der Waals surface area contributed by atoms with Crippen LogP contribution in [-0.2, 0) is 4.79 Å². The van der Waals surface area contributed by atoms with E-state index in [0.29, 0.717) is 26.2 Å². The molecule has 1 aliphatic heterocycles. The predicted octanol–water partition coefficient (Wildman–Crippen LogP) is 3.51. The van der Waals surface area contributed by atoms with E-state index in [1.807, 2.05) is 71.8 Å². The quantitative estimate of drug-likeness (QED) is 0.627. The van der Waals surface area contributed by atoms with Crippen LogP contribution in [0.3, 0.4) is 0 Å². The van der Waals surface area contributed by atoms with Crippen molar-refractivity contribution < 1.29 is 9.59 Å². The van der Waals surface area contributed by atoms with Crippen LogP contribution in [0.2, 0.25) is 0 Å². The molecule has 1 aliphatic rings. The average molecular weight is 449 g/mol. The Kier molecular flexibility index (Phi) is 7.29. The number of carbonyl (C=O) groups excluding carboxylic acids is 2. The molecule has 0 radical (unpaired) electrons. The fourth-order valence-corrected chi connectivity index (χ4v) is 4.73. The van der Waals surface area contributed by atoms with E-state index in [1.165, 1.54) is 11.3 Å². The molecule has 1 N–H and O–H groups in total. The molecule has 2 aromatic carbocycles. The lowest BCUT2D eigenvalue weighted by molar-refractivity contribution is -0.122. The summed E-state index contributed by atoms with van der Waals surface area (Å²) in [5.74, 6) is 0.0282. The molecule has 6 nitrogen and oxygen atoms in total. The maximum atomic E-state index is 12.9. The van der Waals surface area contributed by atoms with Gasteiger partial charge in [-0.05, 0) is 31.0 Å². The summed E-state index contributed by atoms with van der Waals surface area (Å²) in [6, 6.07) is 17.4. The van der Waals surface area contributed by atoms with Crippen molar-refractivity contribution in [3.05, 3.63) is 87.9 Å². The van der Waals surface area contributed by atoms with E-state index in [0.717, 1.165) is 34.7 Å². The number of rotatable bonds is 6. The number of amides is 2. The molecule has 2 amide bonds. The number of hydrogen-bond acceptors (Lipinski definition) is 5. The normalized spacial score (nSPS) is 15.7. The predicted molar refractivity (Wildman–Crippen MR) is 127 cm³/mol. The molecule has 4 rings (SSSR count). The van der Waals surface area contributed by atoms with Crippen LogP contribution in [0.5, 0.6) is 0 Å². The summed E-state index contributed by atoms with van der Waals surface area (Å²) >= 11 is 1.54. The SMILES string of the molecule is Cc1cccc(C(=O)N2CCCN(CC(=O)NC(c3ccccc3)c3nccs3)CC2)c1. The molecule has 0 bridgehead atoms. The Morgan fingerprint density at radius 2 is 1.91 bits per heavy atom. The molecule has 7 heteroatoms. The zero-order valence-electron chi connectivity index (χ0n) is 18.2. The zero-order chi connectivity index (χ0) is 22.3. The van der Waals surface area contributed by atoms with Crippen molar-refractivity contribution in [2.45, 2.75) is 19.4 Å². The van der Waals surface area contributed by atoms with Crippen molar-refractivity contribution in [3.63, 3.8) is 0 Å². The Hall–Kier alpha value is -3.03. The number of nitrogens with zero attached hydrogens (tertiary/aromatic N) is 3. The van der Waals surface area contributed by atoms with Crippen molar-refractivity contribution in [2.75, 3.05) is 32.7 Å². The molecule has 1 atom stereocenters. The topological polar surface area (TPSA) is 65.5 Å². The smallest absolute Gasteiger partial charge is 0.253 e. The van der Waals surface area contributed by atoms with Crippen LogP contribution in [0.4, 0.5) is 0 Å². The van der Waals surface area contributed by atoms with Gasteiger partial charge in [0.2, 0.25) is 5.91 Å². The van der Waals surface area contributed by atoms with Gasteiger partial charge in [-0.2, -0.15) is 0 Å². The molecular weight excluding hydrogens is 420 g/mol. The summed E-state index contributed by atoms with van der Waals surface area (Å²) in [6.45, 7) is 5.09. The fraction of sp³-hybridized carbons (Fsp3) is 0.320. The molecule has 1 saturated heterocycles. The molecule has 32 heavy (non-hydrogen) atoms. The highest BCUT2D eigenvalue weighted by Gasteiger charge is 2.24. The number of benzene rings is 2. The van der Waals surface area contributed by atoms with Gasteiger partial charge in [0.1, 0.15) is 11.0 Å². The van der Waals surface area contributed by atoms with E-state index < -0.39 is 0 Å². The molecule has 1 fully saturated rings. The zero-order valence-corrected chi connectivity index (χ0v) is 19.1. The summed E-state index contributed by atoms with van der Waals surface area (Å²) < 4.78 is 0. The largest absolute Gasteiger partial charge is 0.342 e. The first-order valence-electron chi connectivity index (χ1n) is 10.9. The second-order valence-electron chi connectivity index (χ2n) is 8.07. The van der Waals surface area contributed by atoms with Crippen LogP contribution in [0.1, 0.15) is 39.0 Å². The highest BCUT2D eigenvalue weighted by molar-refractivity contribution is 7.09. The van der Waals surface area contributed by atoms with Crippen molar-refractivity contribution in [3.8, 4) is 0 Å².